The van der Waals surface area contributed by atoms with Crippen molar-refractivity contribution in [1.29, 1.82) is 0 Å². The SMILES string of the molecule is C=C(C)N1CCOC(CCC(=O)c2c(F)cc(C(=O)O)cc2F)C1.CC.CC. The van der Waals surface area contributed by atoms with Gasteiger partial charge in [0.15, 0.2) is 5.78 Å². The van der Waals surface area contributed by atoms with Gasteiger partial charge in [-0.15, -0.1) is 0 Å². The normalized spacial score (nSPS) is 15.5. The van der Waals surface area contributed by atoms with Gasteiger partial charge in [0, 0.05) is 25.2 Å². The molecule has 1 fully saturated rings. The Morgan fingerprint density at radius 1 is 1.21 bits per heavy atom. The van der Waals surface area contributed by atoms with E-state index in [1.54, 1.807) is 0 Å². The lowest BCUT2D eigenvalue weighted by Crippen LogP contribution is -2.41. The molecule has 158 valence electrons. The average molecular weight is 399 g/mol. The molecule has 1 unspecified atom stereocenters. The molecule has 1 heterocycles. The fraction of sp³-hybridized carbons (Fsp3) is 0.524. The average Bonchev–Trinajstić information content (AvgIpc) is 2.69. The van der Waals surface area contributed by atoms with E-state index in [-0.39, 0.29) is 12.5 Å². The highest BCUT2D eigenvalue weighted by molar-refractivity contribution is 5.98. The van der Waals surface area contributed by atoms with Crippen molar-refractivity contribution in [3.8, 4) is 0 Å². The first-order chi connectivity index (χ1) is 13.3. The first kappa shape index (κ1) is 25.7. The molecule has 0 spiro atoms. The lowest BCUT2D eigenvalue weighted by Gasteiger charge is -2.34. The standard InChI is InChI=1S/C17H19F2NO4.2C2H6/c1-10(2)20-5-6-24-12(9-20)3-4-15(21)16-13(18)7-11(17(22)23)8-14(16)19;2*1-2/h7-8,12H,1,3-6,9H2,2H3,(H,22,23);2*1-2H3. The van der Waals surface area contributed by atoms with Crippen molar-refractivity contribution >= 4 is 11.8 Å². The van der Waals surface area contributed by atoms with Crippen LogP contribution in [-0.2, 0) is 4.74 Å². The highest BCUT2D eigenvalue weighted by Crippen LogP contribution is 2.20. The Morgan fingerprint density at radius 2 is 1.75 bits per heavy atom. The minimum Gasteiger partial charge on any atom is -0.478 e. The zero-order valence-electron chi connectivity index (χ0n) is 17.3. The topological polar surface area (TPSA) is 66.8 Å². The third-order valence-electron chi connectivity index (χ3n) is 3.94. The summed E-state index contributed by atoms with van der Waals surface area (Å²) in [6.07, 6.45) is 0.0146. The van der Waals surface area contributed by atoms with Crippen molar-refractivity contribution in [1.82, 2.24) is 4.90 Å². The maximum absolute atomic E-state index is 13.9. The Morgan fingerprint density at radius 3 is 2.21 bits per heavy atom. The number of hydrogen-bond donors (Lipinski definition) is 1. The molecule has 2 rings (SSSR count). The van der Waals surface area contributed by atoms with Gasteiger partial charge in [-0.05, 0) is 25.5 Å². The molecule has 7 heteroatoms. The van der Waals surface area contributed by atoms with E-state index in [1.165, 1.54) is 0 Å². The summed E-state index contributed by atoms with van der Waals surface area (Å²) in [5.41, 5.74) is -0.335. The zero-order chi connectivity index (χ0) is 21.9. The molecule has 0 radical (unpaired) electrons. The van der Waals surface area contributed by atoms with Crippen LogP contribution in [0.2, 0.25) is 0 Å². The van der Waals surface area contributed by atoms with Crippen LogP contribution in [0.1, 0.15) is 68.2 Å². The number of carbonyl (C=O) groups is 2. The second-order valence-electron chi connectivity index (χ2n) is 5.76. The van der Waals surface area contributed by atoms with E-state index in [1.807, 2.05) is 39.5 Å². The van der Waals surface area contributed by atoms with Gasteiger partial charge in [0.05, 0.1) is 23.8 Å². The molecule has 1 atom stereocenters. The van der Waals surface area contributed by atoms with E-state index in [4.69, 9.17) is 9.84 Å². The van der Waals surface area contributed by atoms with E-state index in [9.17, 15) is 18.4 Å². The van der Waals surface area contributed by atoms with E-state index >= 15 is 0 Å². The second-order valence-corrected chi connectivity index (χ2v) is 5.76. The van der Waals surface area contributed by atoms with Crippen LogP contribution in [0.25, 0.3) is 0 Å². The number of nitrogens with zero attached hydrogens (tertiary/aromatic N) is 1. The number of ketones is 1. The predicted octanol–water partition coefficient (Wildman–Crippen LogP) is 4.91. The number of benzene rings is 1. The summed E-state index contributed by atoms with van der Waals surface area (Å²) in [6, 6.07) is 1.30. The fourth-order valence-corrected chi connectivity index (χ4v) is 2.62. The highest BCUT2D eigenvalue weighted by Gasteiger charge is 2.24. The number of carboxylic acid groups (broad SMARTS) is 1. The largest absolute Gasteiger partial charge is 0.478 e. The first-order valence-electron chi connectivity index (χ1n) is 9.57. The fourth-order valence-electron chi connectivity index (χ4n) is 2.62. The van der Waals surface area contributed by atoms with Crippen molar-refractivity contribution in [3.63, 3.8) is 0 Å². The number of allylic oxidation sites excluding steroid dienone is 1. The van der Waals surface area contributed by atoms with E-state index in [0.29, 0.717) is 31.7 Å². The van der Waals surface area contributed by atoms with Crippen molar-refractivity contribution < 1.29 is 28.2 Å². The Balaban J connectivity index is 0.00000171. The number of morpholine rings is 1. The smallest absolute Gasteiger partial charge is 0.335 e. The van der Waals surface area contributed by atoms with Crippen LogP contribution in [0.15, 0.2) is 24.4 Å². The van der Waals surface area contributed by atoms with Crippen LogP contribution < -0.4 is 0 Å². The lowest BCUT2D eigenvalue weighted by atomic mass is 10.0. The Kier molecular flexibility index (Phi) is 11.9. The number of carboxylic acids is 1. The van der Waals surface area contributed by atoms with Crippen LogP contribution in [0.5, 0.6) is 0 Å². The van der Waals surface area contributed by atoms with Crippen LogP contribution >= 0.6 is 0 Å². The number of hydrogen-bond acceptors (Lipinski definition) is 4. The molecule has 0 aromatic heterocycles. The van der Waals surface area contributed by atoms with Crippen molar-refractivity contribution in [2.45, 2.75) is 53.6 Å². The number of halogens is 2. The van der Waals surface area contributed by atoms with Crippen molar-refractivity contribution in [3.05, 3.63) is 47.2 Å². The summed E-state index contributed by atoms with van der Waals surface area (Å²) in [4.78, 5) is 24.9. The lowest BCUT2D eigenvalue weighted by molar-refractivity contribution is -0.0204. The zero-order valence-corrected chi connectivity index (χ0v) is 17.3. The highest BCUT2D eigenvalue weighted by atomic mass is 19.1. The minimum atomic E-state index is -1.46. The Labute approximate surface area is 166 Å². The molecule has 1 saturated heterocycles. The van der Waals surface area contributed by atoms with Gasteiger partial charge in [0.25, 0.3) is 0 Å². The molecular formula is C21H31F2NO4. The molecule has 1 N–H and O–H groups in total. The third-order valence-corrected chi connectivity index (χ3v) is 3.94. The van der Waals surface area contributed by atoms with Gasteiger partial charge in [0.2, 0.25) is 0 Å². The molecule has 0 aliphatic carbocycles. The maximum Gasteiger partial charge on any atom is 0.335 e. The van der Waals surface area contributed by atoms with Gasteiger partial charge in [-0.1, -0.05) is 34.3 Å². The Bertz CT molecular complexity index is 653. The van der Waals surface area contributed by atoms with Crippen LogP contribution in [0.4, 0.5) is 8.78 Å². The number of Topliss-reactive ketones (excluding diaryl/α,β-unsaturated/α-hetero) is 1. The molecule has 0 amide bonds. The van der Waals surface area contributed by atoms with Crippen molar-refractivity contribution in [2.24, 2.45) is 0 Å². The maximum atomic E-state index is 13.9. The van der Waals surface area contributed by atoms with Gasteiger partial charge >= 0.3 is 5.97 Å². The molecule has 1 aromatic rings. The summed E-state index contributed by atoms with van der Waals surface area (Å²) in [5, 5.41) is 8.76. The first-order valence-corrected chi connectivity index (χ1v) is 9.57. The monoisotopic (exact) mass is 399 g/mol. The molecule has 1 aliphatic heterocycles. The van der Waals surface area contributed by atoms with Gasteiger partial charge in [0.1, 0.15) is 11.6 Å². The molecule has 0 saturated carbocycles. The summed E-state index contributed by atoms with van der Waals surface area (Å²) in [5.74, 6) is -4.49. The van der Waals surface area contributed by atoms with Crippen LogP contribution in [-0.4, -0.2) is 47.6 Å². The number of ether oxygens (including phenoxy) is 1. The summed E-state index contributed by atoms with van der Waals surface area (Å²) in [6.45, 7) is 15.5. The molecule has 1 aliphatic rings. The second kappa shape index (κ2) is 13.0. The van der Waals surface area contributed by atoms with Gasteiger partial charge in [-0.3, -0.25) is 4.79 Å². The third kappa shape index (κ3) is 7.38. The Hall–Kier alpha value is -2.28. The van der Waals surface area contributed by atoms with Gasteiger partial charge < -0.3 is 14.7 Å². The summed E-state index contributed by atoms with van der Waals surface area (Å²) < 4.78 is 33.3. The van der Waals surface area contributed by atoms with Crippen LogP contribution in [0, 0.1) is 11.6 Å². The minimum absolute atomic E-state index is 0.0883. The quantitative estimate of drug-likeness (QED) is 0.688. The van der Waals surface area contributed by atoms with Crippen LogP contribution in [0.3, 0.4) is 0 Å². The number of carbonyl (C=O) groups excluding carboxylic acids is 1. The summed E-state index contributed by atoms with van der Waals surface area (Å²) in [7, 11) is 0. The van der Waals surface area contributed by atoms with E-state index in [2.05, 4.69) is 6.58 Å². The molecule has 1 aromatic carbocycles. The van der Waals surface area contributed by atoms with E-state index in [0.717, 1.165) is 12.2 Å². The van der Waals surface area contributed by atoms with Crippen molar-refractivity contribution in [2.75, 3.05) is 19.7 Å². The molecule has 5 nitrogen and oxygen atoms in total. The van der Waals surface area contributed by atoms with Gasteiger partial charge in [-0.25, -0.2) is 13.6 Å². The molecule has 28 heavy (non-hydrogen) atoms. The number of rotatable bonds is 6. The predicted molar refractivity (Wildman–Crippen MR) is 106 cm³/mol. The number of aromatic carboxylic acids is 1. The van der Waals surface area contributed by atoms with E-state index < -0.39 is 34.5 Å². The van der Waals surface area contributed by atoms with Gasteiger partial charge in [-0.2, -0.15) is 0 Å². The molecule has 0 bridgehead atoms. The molecular weight excluding hydrogens is 368 g/mol. The summed E-state index contributed by atoms with van der Waals surface area (Å²) >= 11 is 0.